The number of nitrogens with zero attached hydrogens (tertiary/aromatic N) is 5. The van der Waals surface area contributed by atoms with Gasteiger partial charge in [-0.3, -0.25) is 9.59 Å². The molecule has 0 bridgehead atoms. The third kappa shape index (κ3) is 6.08. The molecule has 38 heavy (non-hydrogen) atoms. The van der Waals surface area contributed by atoms with Crippen LogP contribution in [0.5, 0.6) is 0 Å². The van der Waals surface area contributed by atoms with Crippen LogP contribution in [-0.4, -0.2) is 88.5 Å². The monoisotopic (exact) mass is 519 g/mol. The molecular formula is C28H34FN7O2. The van der Waals surface area contributed by atoms with Gasteiger partial charge in [-0.15, -0.1) is 5.10 Å². The van der Waals surface area contributed by atoms with E-state index in [-0.39, 0.29) is 17.6 Å². The van der Waals surface area contributed by atoms with Crippen molar-refractivity contribution in [3.05, 3.63) is 77.9 Å². The topological polar surface area (TPSA) is 95.4 Å². The van der Waals surface area contributed by atoms with Gasteiger partial charge in [0.15, 0.2) is 0 Å². The maximum absolute atomic E-state index is 13.3. The Bertz CT molecular complexity index is 1230. The van der Waals surface area contributed by atoms with Gasteiger partial charge in [-0.1, -0.05) is 17.3 Å². The summed E-state index contributed by atoms with van der Waals surface area (Å²) in [5, 5.41) is 14.3. The highest BCUT2D eigenvalue weighted by Gasteiger charge is 2.38. The molecule has 200 valence electrons. The highest BCUT2D eigenvalue weighted by atomic mass is 19.1. The molecule has 3 atom stereocenters. The van der Waals surface area contributed by atoms with E-state index < -0.39 is 6.04 Å². The normalized spacial score (nSPS) is 19.7. The fourth-order valence-electron chi connectivity index (χ4n) is 4.89. The first kappa shape index (κ1) is 26.0. The van der Waals surface area contributed by atoms with Crippen LogP contribution in [-0.2, 0) is 4.79 Å². The van der Waals surface area contributed by atoms with Crippen molar-refractivity contribution in [1.29, 1.82) is 0 Å². The van der Waals surface area contributed by atoms with Crippen LogP contribution in [0.2, 0.25) is 0 Å². The van der Waals surface area contributed by atoms with Gasteiger partial charge in [0.1, 0.15) is 11.9 Å². The molecule has 1 aliphatic carbocycles. The smallest absolute Gasteiger partial charge is 0.251 e. The Kier molecular flexibility index (Phi) is 7.80. The average Bonchev–Trinajstić information content (AvgIpc) is 3.43. The standard InChI is InChI=1S/C28H34FN7O2/c1-34(2)23-17-35(18-23)28(38)25(4-3-13-30-26-16-24(26)19-5-9-21(29)10-6-19)32-27(37)20-7-11-22(12-8-20)36-15-14-31-33-36/h5-12,14-15,23-26,30H,3-4,13,16-18H2,1-2H3,(H,32,37)/t24-,25-,26?/m0/s1. The number of carbonyl (C=O) groups is 2. The second-order valence-electron chi connectivity index (χ2n) is 10.4. The van der Waals surface area contributed by atoms with E-state index in [4.69, 9.17) is 0 Å². The van der Waals surface area contributed by atoms with Crippen molar-refractivity contribution in [1.82, 2.24) is 35.4 Å². The van der Waals surface area contributed by atoms with Crippen molar-refractivity contribution >= 4 is 11.8 Å². The molecule has 1 saturated carbocycles. The molecule has 2 aliphatic rings. The lowest BCUT2D eigenvalue weighted by Gasteiger charge is -2.44. The summed E-state index contributed by atoms with van der Waals surface area (Å²) in [6, 6.07) is 13.9. The van der Waals surface area contributed by atoms with E-state index in [1.54, 1.807) is 41.3 Å². The SMILES string of the molecule is CN(C)C1CN(C(=O)[C@H](CCCNC2C[C@H]2c2ccc(F)cc2)NC(=O)c2ccc(-n3ccnn3)cc2)C1. The number of hydrogen-bond acceptors (Lipinski definition) is 6. The Labute approximate surface area is 222 Å². The second kappa shape index (κ2) is 11.4. The van der Waals surface area contributed by atoms with Crippen molar-refractivity contribution in [2.24, 2.45) is 0 Å². The summed E-state index contributed by atoms with van der Waals surface area (Å²) < 4.78 is 14.8. The van der Waals surface area contributed by atoms with Gasteiger partial charge in [0.05, 0.1) is 18.1 Å². The summed E-state index contributed by atoms with van der Waals surface area (Å²) in [5.41, 5.74) is 2.43. The maximum Gasteiger partial charge on any atom is 0.251 e. The zero-order valence-corrected chi connectivity index (χ0v) is 21.8. The predicted molar refractivity (Wildman–Crippen MR) is 141 cm³/mol. The molecule has 2 amide bonds. The largest absolute Gasteiger partial charge is 0.340 e. The Morgan fingerprint density at radius 2 is 1.84 bits per heavy atom. The quantitative estimate of drug-likeness (QED) is 0.377. The molecule has 2 fully saturated rings. The first-order valence-electron chi connectivity index (χ1n) is 13.1. The van der Waals surface area contributed by atoms with E-state index in [9.17, 15) is 14.0 Å². The van der Waals surface area contributed by atoms with Crippen molar-refractivity contribution in [2.75, 3.05) is 33.7 Å². The number of benzene rings is 2. The minimum absolute atomic E-state index is 0.0358. The molecule has 2 aromatic carbocycles. The summed E-state index contributed by atoms with van der Waals surface area (Å²) in [5.74, 6) is -0.129. The molecular weight excluding hydrogens is 485 g/mol. The van der Waals surface area contributed by atoms with E-state index in [0.29, 0.717) is 43.1 Å². The number of aromatic nitrogens is 3. The Morgan fingerprint density at radius 3 is 2.50 bits per heavy atom. The molecule has 1 aliphatic heterocycles. The van der Waals surface area contributed by atoms with Crippen molar-refractivity contribution in [2.45, 2.75) is 43.3 Å². The number of likely N-dealkylation sites (tertiary alicyclic amines) is 1. The summed E-state index contributed by atoms with van der Waals surface area (Å²) in [6.07, 6.45) is 5.64. The molecule has 10 heteroatoms. The molecule has 0 spiro atoms. The molecule has 1 unspecified atom stereocenters. The van der Waals surface area contributed by atoms with Crippen LogP contribution < -0.4 is 10.6 Å². The summed E-state index contributed by atoms with van der Waals surface area (Å²) in [6.45, 7) is 2.09. The van der Waals surface area contributed by atoms with E-state index in [1.807, 2.05) is 31.1 Å². The average molecular weight is 520 g/mol. The third-order valence-corrected chi connectivity index (χ3v) is 7.49. The third-order valence-electron chi connectivity index (χ3n) is 7.49. The molecule has 0 radical (unpaired) electrons. The van der Waals surface area contributed by atoms with Crippen LogP contribution in [0.1, 0.15) is 41.1 Å². The van der Waals surface area contributed by atoms with Crippen LogP contribution in [0, 0.1) is 5.82 Å². The zero-order chi connectivity index (χ0) is 26.6. The van der Waals surface area contributed by atoms with Crippen molar-refractivity contribution in [3.63, 3.8) is 0 Å². The number of halogens is 1. The van der Waals surface area contributed by atoms with Crippen LogP contribution in [0.3, 0.4) is 0 Å². The highest BCUT2D eigenvalue weighted by molar-refractivity contribution is 5.97. The minimum atomic E-state index is -0.588. The van der Waals surface area contributed by atoms with Gasteiger partial charge in [-0.2, -0.15) is 0 Å². The Hall–Kier alpha value is -3.63. The summed E-state index contributed by atoms with van der Waals surface area (Å²) in [7, 11) is 4.02. The fourth-order valence-corrected chi connectivity index (χ4v) is 4.89. The van der Waals surface area contributed by atoms with E-state index >= 15 is 0 Å². The first-order chi connectivity index (χ1) is 18.4. The molecule has 2 N–H and O–H groups in total. The van der Waals surface area contributed by atoms with Crippen LogP contribution in [0.15, 0.2) is 60.9 Å². The Balaban J connectivity index is 1.15. The van der Waals surface area contributed by atoms with Gasteiger partial charge >= 0.3 is 0 Å². The number of carbonyl (C=O) groups excluding carboxylic acids is 2. The van der Waals surface area contributed by atoms with Gasteiger partial charge in [0.2, 0.25) is 5.91 Å². The molecule has 5 rings (SSSR count). The lowest BCUT2D eigenvalue weighted by Crippen LogP contribution is -2.63. The first-order valence-corrected chi connectivity index (χ1v) is 13.1. The van der Waals surface area contributed by atoms with E-state index in [2.05, 4.69) is 25.8 Å². The molecule has 2 heterocycles. The van der Waals surface area contributed by atoms with Gasteiger partial charge < -0.3 is 20.4 Å². The molecule has 1 saturated heterocycles. The number of hydrogen-bond donors (Lipinski definition) is 2. The minimum Gasteiger partial charge on any atom is -0.340 e. The fraction of sp³-hybridized carbons (Fsp3) is 0.429. The summed E-state index contributed by atoms with van der Waals surface area (Å²) in [4.78, 5) is 30.3. The maximum atomic E-state index is 13.3. The van der Waals surface area contributed by atoms with Gasteiger partial charge in [0, 0.05) is 36.7 Å². The lowest BCUT2D eigenvalue weighted by molar-refractivity contribution is -0.140. The Morgan fingerprint density at radius 1 is 1.11 bits per heavy atom. The van der Waals surface area contributed by atoms with E-state index in [1.165, 1.54) is 12.1 Å². The molecule has 3 aromatic rings. The lowest BCUT2D eigenvalue weighted by atomic mass is 10.0. The van der Waals surface area contributed by atoms with Crippen LogP contribution >= 0.6 is 0 Å². The number of rotatable bonds is 11. The number of likely N-dealkylation sites (N-methyl/N-ethyl adjacent to an activating group) is 1. The number of amides is 2. The number of nitrogens with one attached hydrogen (secondary N) is 2. The zero-order valence-electron chi connectivity index (χ0n) is 21.8. The van der Waals surface area contributed by atoms with Crippen molar-refractivity contribution < 1.29 is 14.0 Å². The van der Waals surface area contributed by atoms with Gasteiger partial charge in [-0.05, 0) is 81.9 Å². The van der Waals surface area contributed by atoms with Crippen LogP contribution in [0.25, 0.3) is 5.69 Å². The summed E-state index contributed by atoms with van der Waals surface area (Å²) >= 11 is 0. The van der Waals surface area contributed by atoms with Crippen molar-refractivity contribution in [3.8, 4) is 5.69 Å². The van der Waals surface area contributed by atoms with E-state index in [0.717, 1.165) is 30.6 Å². The van der Waals surface area contributed by atoms with Gasteiger partial charge in [0.25, 0.3) is 5.91 Å². The van der Waals surface area contributed by atoms with Gasteiger partial charge in [-0.25, -0.2) is 9.07 Å². The molecule has 1 aromatic heterocycles. The highest BCUT2D eigenvalue weighted by Crippen LogP contribution is 2.40. The van der Waals surface area contributed by atoms with Crippen LogP contribution in [0.4, 0.5) is 4.39 Å². The predicted octanol–water partition coefficient (Wildman–Crippen LogP) is 2.20. The molecule has 9 nitrogen and oxygen atoms in total. The second-order valence-corrected chi connectivity index (χ2v) is 10.4.